The van der Waals surface area contributed by atoms with Gasteiger partial charge in [0.2, 0.25) is 0 Å². The van der Waals surface area contributed by atoms with Crippen molar-refractivity contribution in [3.8, 4) is 0 Å². The topological polar surface area (TPSA) is 283 Å². The number of aromatic nitrogens is 3. The zero-order chi connectivity index (χ0) is 70.1. The van der Waals surface area contributed by atoms with Gasteiger partial charge in [0.05, 0.1) is 55.4 Å². The summed E-state index contributed by atoms with van der Waals surface area (Å²) in [4.78, 5) is 100. The second-order valence-electron chi connectivity index (χ2n) is 23.8. The van der Waals surface area contributed by atoms with Crippen LogP contribution < -0.4 is 31.9 Å². The highest BCUT2D eigenvalue weighted by Crippen LogP contribution is 2.26. The van der Waals surface area contributed by atoms with Crippen molar-refractivity contribution in [2.45, 2.75) is 75.2 Å². The molecule has 0 aliphatic carbocycles. The fraction of sp³-hybridized carbons (Fsp3) is 0.231. The predicted octanol–water partition coefficient (Wildman–Crippen LogP) is 16.5. The van der Waals surface area contributed by atoms with E-state index in [0.29, 0.717) is 94.6 Å². The quantitative estimate of drug-likeness (QED) is 0.0351. The Labute approximate surface area is 610 Å². The molecule has 0 bridgehead atoms. The van der Waals surface area contributed by atoms with Crippen LogP contribution in [0, 0.1) is 31.6 Å². The van der Waals surface area contributed by atoms with Gasteiger partial charge in [0.15, 0.2) is 0 Å². The average Bonchev–Trinajstić information content (AvgIpc) is 0.920. The summed E-state index contributed by atoms with van der Waals surface area (Å²) >= 11 is 17.6. The van der Waals surface area contributed by atoms with E-state index in [9.17, 15) is 28.8 Å². The van der Waals surface area contributed by atoms with Crippen molar-refractivity contribution in [3.05, 3.63) is 264 Å². The van der Waals surface area contributed by atoms with Crippen molar-refractivity contribution in [1.82, 2.24) is 29.7 Å². The summed E-state index contributed by atoms with van der Waals surface area (Å²) < 4.78 is 0. The number of halogens is 3. The highest BCUT2D eigenvalue weighted by Gasteiger charge is 2.23. The number of pyridine rings is 3. The van der Waals surface area contributed by atoms with Crippen LogP contribution in [0.4, 0.5) is 34.5 Å². The SMILES string of the molecule is C.C.C.Cc1ccc(NC(=O)c2ccc(C(=N)N3CCCC3)cc2)c(C(=O)Nc2ccc(Cl)cn2)c1.Cc1ccc(NC(=O)c2ccc(C(=N)N3CCCCC3)cc2)c(C(=O)Nc2ccc(Cl)cn2)c1.Cc1ccc(NC(=O)c2ccc(C3=NCCN3C)cc2)c(C(=O)Nc2ccc(Cl)cn2)c1. The van der Waals surface area contributed by atoms with Crippen LogP contribution >= 0.6 is 34.8 Å². The summed E-state index contributed by atoms with van der Waals surface area (Å²) in [5, 5.41) is 34.9. The van der Waals surface area contributed by atoms with Gasteiger partial charge in [-0.05, 0) is 162 Å². The summed E-state index contributed by atoms with van der Waals surface area (Å²) in [6.07, 6.45) is 9.96. The largest absolute Gasteiger partial charge is 0.358 e. The molecule has 12 rings (SSSR count). The molecule has 0 spiro atoms. The Kier molecular flexibility index (Phi) is 28.2. The maximum Gasteiger partial charge on any atom is 0.258 e. The standard InChI is InChI=1S/C26H26ClN5O2.C25H24ClN5O2.C24H22ClN5O2.3CH4/c1-17-5-11-22(21(15-17)26(34)31-23-12-10-20(27)16-29-23)30-25(33)19-8-6-18(7-9-19)24(28)32-13-3-2-4-14-32;1-16-4-10-21(20(14-16)25(33)30-22-11-9-19(26)15-28-22)29-24(32)18-7-5-17(6-8-18)23(27)31-12-2-3-13-31;1-15-3-9-20(19(13-15)24(32)29-21-10-8-18(25)14-27-21)28-23(31)17-6-4-16(5-7-17)22-26-11-12-30(22)2;;;/h5-12,15-16,28H,2-4,13-14H2,1H3,(H,30,33)(H,29,31,34);4-11,14-15,27H,2-3,12-13H2,1H3,(H,29,32)(H,28,30,33);3-10,13-14H,11-12H2,1-2H3,(H,28,31)(H,27,29,32);3*1H4. The van der Waals surface area contributed by atoms with Gasteiger partial charge in [0, 0.05) is 91.7 Å². The molecule has 24 heteroatoms. The normalized spacial score (nSPS) is 12.7. The molecule has 3 aliphatic rings. The molecule has 2 fully saturated rings. The highest BCUT2D eigenvalue weighted by molar-refractivity contribution is 6.31. The molecule has 2 saturated heterocycles. The van der Waals surface area contributed by atoms with E-state index in [1.54, 1.807) is 133 Å². The van der Waals surface area contributed by atoms with Gasteiger partial charge in [-0.15, -0.1) is 0 Å². The molecule has 0 unspecified atom stereocenters. The van der Waals surface area contributed by atoms with Gasteiger partial charge in [-0.2, -0.15) is 0 Å². The summed E-state index contributed by atoms with van der Waals surface area (Å²) in [7, 11) is 2.00. The number of likely N-dealkylation sites (tertiary alicyclic amines) is 2. The molecule has 8 N–H and O–H groups in total. The van der Waals surface area contributed by atoms with E-state index >= 15 is 0 Å². The first kappa shape index (κ1) is 78.2. The Morgan fingerprint density at radius 3 is 0.971 bits per heavy atom. The number of nitrogens with zero attached hydrogens (tertiary/aromatic N) is 7. The number of aryl methyl sites for hydroxylation is 3. The Morgan fingerprint density at radius 1 is 0.373 bits per heavy atom. The lowest BCUT2D eigenvalue weighted by Gasteiger charge is -2.29. The van der Waals surface area contributed by atoms with Crippen LogP contribution in [-0.2, 0) is 0 Å². The number of carbonyl (C=O) groups excluding carboxylic acids is 6. The van der Waals surface area contributed by atoms with Gasteiger partial charge in [-0.3, -0.25) is 44.6 Å². The minimum absolute atomic E-state index is 0. The third-order valence-corrected chi connectivity index (χ3v) is 17.0. The summed E-state index contributed by atoms with van der Waals surface area (Å²) in [5.74, 6) is 0.843. The number of amides is 6. The molecule has 528 valence electrons. The molecule has 0 atom stereocenters. The molecule has 102 heavy (non-hydrogen) atoms. The third-order valence-electron chi connectivity index (χ3n) is 16.3. The van der Waals surface area contributed by atoms with E-state index in [4.69, 9.17) is 45.6 Å². The van der Waals surface area contributed by atoms with Crippen molar-refractivity contribution in [1.29, 1.82) is 10.8 Å². The van der Waals surface area contributed by atoms with Crippen molar-refractivity contribution in [3.63, 3.8) is 0 Å². The number of rotatable bonds is 15. The number of carbonyl (C=O) groups is 6. The van der Waals surface area contributed by atoms with Crippen LogP contribution in [0.5, 0.6) is 0 Å². The lowest BCUT2D eigenvalue weighted by Crippen LogP contribution is -2.35. The first-order chi connectivity index (χ1) is 47.7. The van der Waals surface area contributed by atoms with Gasteiger partial charge in [0.25, 0.3) is 35.4 Å². The van der Waals surface area contributed by atoms with E-state index in [0.717, 1.165) is 104 Å². The van der Waals surface area contributed by atoms with E-state index in [1.165, 1.54) is 25.0 Å². The van der Waals surface area contributed by atoms with Crippen LogP contribution in [0.3, 0.4) is 0 Å². The van der Waals surface area contributed by atoms with Crippen molar-refractivity contribution in [2.24, 2.45) is 4.99 Å². The number of anilines is 6. The predicted molar refractivity (Wildman–Crippen MR) is 412 cm³/mol. The van der Waals surface area contributed by atoms with E-state index in [2.05, 4.69) is 61.6 Å². The van der Waals surface area contributed by atoms with Gasteiger partial charge in [-0.1, -0.05) is 128 Å². The zero-order valence-electron chi connectivity index (χ0n) is 54.8. The Bertz CT molecular complexity index is 4490. The Hall–Kier alpha value is -11.1. The fourth-order valence-electron chi connectivity index (χ4n) is 10.9. The minimum Gasteiger partial charge on any atom is -0.358 e. The zero-order valence-corrected chi connectivity index (χ0v) is 57.1. The van der Waals surface area contributed by atoms with Crippen LogP contribution in [0.25, 0.3) is 0 Å². The maximum absolute atomic E-state index is 12.9. The first-order valence-corrected chi connectivity index (χ1v) is 33.1. The van der Waals surface area contributed by atoms with Crippen molar-refractivity contribution >= 4 is 122 Å². The molecular formula is C78H84Cl3N15O6. The Morgan fingerprint density at radius 2 is 0.676 bits per heavy atom. The van der Waals surface area contributed by atoms with E-state index < -0.39 is 5.91 Å². The minimum atomic E-state index is -0.391. The fourth-order valence-corrected chi connectivity index (χ4v) is 11.3. The van der Waals surface area contributed by atoms with Gasteiger partial charge in [0.1, 0.15) is 35.0 Å². The van der Waals surface area contributed by atoms with Gasteiger partial charge < -0.3 is 46.6 Å². The maximum atomic E-state index is 12.9. The van der Waals surface area contributed by atoms with E-state index in [1.807, 2.05) is 63.1 Å². The molecule has 6 aromatic carbocycles. The monoisotopic (exact) mass is 1430 g/mol. The lowest BCUT2D eigenvalue weighted by atomic mass is 10.1. The summed E-state index contributed by atoms with van der Waals surface area (Å²) in [6, 6.07) is 46.7. The van der Waals surface area contributed by atoms with Crippen LogP contribution in [0.1, 0.15) is 150 Å². The molecule has 6 amide bonds. The molecule has 0 saturated carbocycles. The third kappa shape index (κ3) is 21.0. The molecule has 9 aromatic rings. The molecule has 6 heterocycles. The highest BCUT2D eigenvalue weighted by atomic mass is 35.5. The second-order valence-corrected chi connectivity index (χ2v) is 25.1. The van der Waals surface area contributed by atoms with Gasteiger partial charge in [-0.25, -0.2) is 15.0 Å². The van der Waals surface area contributed by atoms with Crippen molar-refractivity contribution in [2.75, 3.05) is 78.2 Å². The second kappa shape index (κ2) is 36.8. The first-order valence-electron chi connectivity index (χ1n) is 32.0. The number of amidine groups is 3. The summed E-state index contributed by atoms with van der Waals surface area (Å²) in [6.45, 7) is 10.9. The number of likely N-dealkylation sites (N-methyl/N-ethyl adjacent to an activating group) is 1. The number of aliphatic imine (C=N–C) groups is 1. The molecule has 0 radical (unpaired) electrons. The van der Waals surface area contributed by atoms with Gasteiger partial charge >= 0.3 is 0 Å². The molecule has 21 nitrogen and oxygen atoms in total. The number of piperidine rings is 1. The molecule has 3 aromatic heterocycles. The lowest BCUT2D eigenvalue weighted by molar-refractivity contribution is 0.101. The number of hydrogen-bond donors (Lipinski definition) is 8. The molecule has 3 aliphatic heterocycles. The number of benzene rings is 6. The molecular weight excluding hydrogens is 1350 g/mol. The smallest absolute Gasteiger partial charge is 0.258 e. The Balaban J connectivity index is 0.000000211. The van der Waals surface area contributed by atoms with E-state index in [-0.39, 0.29) is 51.8 Å². The number of hydrogen-bond acceptors (Lipinski definition) is 13. The van der Waals surface area contributed by atoms with Crippen LogP contribution in [0.15, 0.2) is 187 Å². The average molecular weight is 1430 g/mol. The van der Waals surface area contributed by atoms with Crippen LogP contribution in [0.2, 0.25) is 15.1 Å². The number of nitrogens with one attached hydrogen (secondary N) is 8. The summed E-state index contributed by atoms with van der Waals surface area (Å²) in [5.41, 5.74) is 8.75. The van der Waals surface area contributed by atoms with Crippen LogP contribution in [-0.4, -0.2) is 129 Å². The van der Waals surface area contributed by atoms with Crippen molar-refractivity contribution < 1.29 is 28.8 Å².